The van der Waals surface area contributed by atoms with E-state index >= 15 is 0 Å². The number of methoxy groups -OCH3 is 1. The molecule has 138 valence electrons. The fourth-order valence-electron chi connectivity index (χ4n) is 2.63. The fourth-order valence-corrected chi connectivity index (χ4v) is 2.63. The molecule has 1 aliphatic heterocycles. The maximum Gasteiger partial charge on any atom is 0.414 e. The molecule has 0 spiro atoms. The molecule has 1 amide bonds. The molecule has 0 saturated carbocycles. The first-order valence-electron chi connectivity index (χ1n) is 8.32. The van der Waals surface area contributed by atoms with Crippen LogP contribution in [0, 0.1) is 0 Å². The van der Waals surface area contributed by atoms with Gasteiger partial charge in [-0.15, -0.1) is 0 Å². The number of benzene rings is 1. The minimum atomic E-state index is -0.551. The topological polar surface area (TPSA) is 68.0 Å². The first-order valence-corrected chi connectivity index (χ1v) is 8.32. The van der Waals surface area contributed by atoms with Crippen LogP contribution >= 0.6 is 0 Å². The third-order valence-corrected chi connectivity index (χ3v) is 3.92. The van der Waals surface area contributed by atoms with E-state index in [4.69, 9.17) is 14.0 Å². The molecule has 0 bridgehead atoms. The molecule has 0 fully saturated rings. The predicted octanol–water partition coefficient (Wildman–Crippen LogP) is 2.09. The lowest BCUT2D eigenvalue weighted by molar-refractivity contribution is 0.0589. The Morgan fingerprint density at radius 2 is 2.12 bits per heavy atom. The van der Waals surface area contributed by atoms with Gasteiger partial charge in [-0.1, -0.05) is 5.16 Å². The van der Waals surface area contributed by atoms with Crippen LogP contribution in [-0.4, -0.2) is 37.6 Å². The summed E-state index contributed by atoms with van der Waals surface area (Å²) in [5, 5.41) is 4.72. The van der Waals surface area contributed by atoms with Crippen molar-refractivity contribution in [3.8, 4) is 5.75 Å². The van der Waals surface area contributed by atoms with E-state index < -0.39 is 11.7 Å². The number of rotatable bonds is 3. The van der Waals surface area contributed by atoms with E-state index in [9.17, 15) is 4.79 Å². The molecule has 7 heteroatoms. The van der Waals surface area contributed by atoms with Crippen molar-refractivity contribution < 1.29 is 18.8 Å². The van der Waals surface area contributed by atoms with Gasteiger partial charge in [0.2, 0.25) is 0 Å². The van der Waals surface area contributed by atoms with E-state index in [1.807, 2.05) is 56.1 Å². The zero-order chi connectivity index (χ0) is 18.9. The van der Waals surface area contributed by atoms with Crippen LogP contribution in [0.2, 0.25) is 0 Å². The maximum atomic E-state index is 12.3. The average molecular weight is 357 g/mol. The van der Waals surface area contributed by atoms with Gasteiger partial charge in [0, 0.05) is 25.9 Å². The summed E-state index contributed by atoms with van der Waals surface area (Å²) in [6.45, 7) is 6.15. The van der Waals surface area contributed by atoms with Gasteiger partial charge in [0.05, 0.1) is 29.9 Å². The molecular weight excluding hydrogens is 334 g/mol. The van der Waals surface area contributed by atoms with Crippen molar-refractivity contribution in [1.29, 1.82) is 0 Å². The number of fused-ring (bicyclic) bond motifs is 1. The molecule has 0 saturated heterocycles. The van der Waals surface area contributed by atoms with E-state index in [0.717, 1.165) is 16.3 Å². The summed E-state index contributed by atoms with van der Waals surface area (Å²) in [5.41, 5.74) is 1.79. The minimum absolute atomic E-state index is 0.417. The lowest BCUT2D eigenvalue weighted by Crippen LogP contribution is -2.34. The SMILES string of the molecule is COc1cc(N(C)C(=O)OC(C)(C)C)ccc1N1C=c2cnoc2=CC1. The van der Waals surface area contributed by atoms with Crippen molar-refractivity contribution in [2.45, 2.75) is 26.4 Å². The maximum absolute atomic E-state index is 12.3. The van der Waals surface area contributed by atoms with E-state index in [0.29, 0.717) is 18.0 Å². The smallest absolute Gasteiger partial charge is 0.414 e. The zero-order valence-electron chi connectivity index (χ0n) is 15.6. The number of hydrogen-bond donors (Lipinski definition) is 0. The van der Waals surface area contributed by atoms with Gasteiger partial charge in [0.15, 0.2) is 5.42 Å². The number of amides is 1. The number of hydrogen-bond acceptors (Lipinski definition) is 6. The van der Waals surface area contributed by atoms with Crippen molar-refractivity contribution in [1.82, 2.24) is 5.16 Å². The van der Waals surface area contributed by atoms with Crippen LogP contribution in [0.1, 0.15) is 20.8 Å². The van der Waals surface area contributed by atoms with Gasteiger partial charge in [-0.3, -0.25) is 4.90 Å². The third kappa shape index (κ3) is 3.66. The normalized spacial score (nSPS) is 13.3. The first kappa shape index (κ1) is 17.8. The molecule has 1 aromatic heterocycles. The Morgan fingerprint density at radius 1 is 1.35 bits per heavy atom. The lowest BCUT2D eigenvalue weighted by Gasteiger charge is -2.26. The second-order valence-electron chi connectivity index (χ2n) is 7.03. The summed E-state index contributed by atoms with van der Waals surface area (Å²) in [7, 11) is 3.28. The highest BCUT2D eigenvalue weighted by molar-refractivity contribution is 5.88. The van der Waals surface area contributed by atoms with Crippen molar-refractivity contribution in [2.75, 3.05) is 30.5 Å². The van der Waals surface area contributed by atoms with Crippen LogP contribution in [0.25, 0.3) is 12.3 Å². The number of nitrogens with zero attached hydrogens (tertiary/aromatic N) is 3. The summed E-state index contributed by atoms with van der Waals surface area (Å²) < 4.78 is 16.1. The summed E-state index contributed by atoms with van der Waals surface area (Å²) in [6.07, 6.45) is 5.18. The van der Waals surface area contributed by atoms with Crippen LogP contribution in [0.5, 0.6) is 5.75 Å². The highest BCUT2D eigenvalue weighted by atomic mass is 16.6. The molecule has 0 N–H and O–H groups in total. The molecule has 1 aromatic carbocycles. The molecule has 2 aromatic rings. The first-order chi connectivity index (χ1) is 12.3. The van der Waals surface area contributed by atoms with Crippen LogP contribution in [-0.2, 0) is 4.74 Å². The zero-order valence-corrected chi connectivity index (χ0v) is 15.6. The van der Waals surface area contributed by atoms with E-state index in [2.05, 4.69) is 5.16 Å². The summed E-state index contributed by atoms with van der Waals surface area (Å²) in [5.74, 6) is 0.655. The van der Waals surface area contributed by atoms with Crippen LogP contribution in [0.15, 0.2) is 28.9 Å². The van der Waals surface area contributed by atoms with Crippen molar-refractivity contribution in [3.63, 3.8) is 0 Å². The number of carbonyl (C=O) groups excluding carboxylic acids is 1. The summed E-state index contributed by atoms with van der Waals surface area (Å²) >= 11 is 0. The minimum Gasteiger partial charge on any atom is -0.494 e. The second-order valence-corrected chi connectivity index (χ2v) is 7.03. The Hall–Kier alpha value is -2.96. The van der Waals surface area contributed by atoms with Gasteiger partial charge in [0.25, 0.3) is 0 Å². The quantitative estimate of drug-likeness (QED) is 0.838. The Bertz CT molecular complexity index is 927. The van der Waals surface area contributed by atoms with E-state index in [1.165, 1.54) is 4.90 Å². The predicted molar refractivity (Wildman–Crippen MR) is 99.7 cm³/mol. The van der Waals surface area contributed by atoms with Gasteiger partial charge < -0.3 is 18.9 Å². The van der Waals surface area contributed by atoms with Crippen molar-refractivity contribution in [3.05, 3.63) is 35.0 Å². The second kappa shape index (κ2) is 6.74. The van der Waals surface area contributed by atoms with Crippen LogP contribution in [0.4, 0.5) is 16.2 Å². The number of ether oxygens (including phenoxy) is 2. The Balaban J connectivity index is 1.88. The summed E-state index contributed by atoms with van der Waals surface area (Å²) in [4.78, 5) is 15.8. The molecule has 1 aliphatic rings. The molecule has 7 nitrogen and oxygen atoms in total. The molecule has 26 heavy (non-hydrogen) atoms. The molecular formula is C19H23N3O4. The third-order valence-electron chi connectivity index (χ3n) is 3.92. The highest BCUT2D eigenvalue weighted by Crippen LogP contribution is 2.33. The molecule has 2 heterocycles. The Morgan fingerprint density at radius 3 is 2.81 bits per heavy atom. The molecule has 3 rings (SSSR count). The van der Waals surface area contributed by atoms with Crippen molar-refractivity contribution >= 4 is 29.7 Å². The molecule has 0 radical (unpaired) electrons. The van der Waals surface area contributed by atoms with Gasteiger partial charge in [-0.2, -0.15) is 0 Å². The fraction of sp³-hybridized carbons (Fsp3) is 0.368. The van der Waals surface area contributed by atoms with E-state index in [-0.39, 0.29) is 0 Å². The van der Waals surface area contributed by atoms with Crippen LogP contribution < -0.4 is 25.2 Å². The number of anilines is 2. The van der Waals surface area contributed by atoms with Gasteiger partial charge in [-0.05, 0) is 39.0 Å². The van der Waals surface area contributed by atoms with E-state index in [1.54, 1.807) is 20.4 Å². The lowest BCUT2D eigenvalue weighted by atomic mass is 10.2. The molecule has 0 atom stereocenters. The standard InChI is InChI=1S/C19H23N3O4/c1-19(2,3)25-18(23)21(4)14-6-7-15(17(10-14)24-5)22-9-8-16-13(12-22)11-20-26-16/h6-8,10-12H,9H2,1-5H3. The van der Waals surface area contributed by atoms with Crippen LogP contribution in [0.3, 0.4) is 0 Å². The Kier molecular flexibility index (Phi) is 4.63. The van der Waals surface area contributed by atoms with Gasteiger partial charge >= 0.3 is 6.09 Å². The number of aromatic nitrogens is 1. The van der Waals surface area contributed by atoms with Gasteiger partial charge in [-0.25, -0.2) is 4.79 Å². The average Bonchev–Trinajstić information content (AvgIpc) is 3.06. The monoisotopic (exact) mass is 357 g/mol. The van der Waals surface area contributed by atoms with Crippen molar-refractivity contribution in [2.24, 2.45) is 0 Å². The molecule has 0 unspecified atom stereocenters. The van der Waals surface area contributed by atoms with Gasteiger partial charge in [0.1, 0.15) is 11.4 Å². The molecule has 0 aliphatic carbocycles. The highest BCUT2D eigenvalue weighted by Gasteiger charge is 2.22. The summed E-state index contributed by atoms with van der Waals surface area (Å²) in [6, 6.07) is 5.59. The Labute approximate surface area is 152 Å². The number of carbonyl (C=O) groups is 1. The largest absolute Gasteiger partial charge is 0.494 e.